The maximum Gasteiger partial charge on any atom is 2.00 e. The van der Waals surface area contributed by atoms with E-state index >= 15 is 0 Å². The van der Waals surface area contributed by atoms with E-state index in [0.717, 1.165) is 93.8 Å². The number of hydrogen-bond donors (Lipinski definition) is 0. The summed E-state index contributed by atoms with van der Waals surface area (Å²) in [6.45, 7) is 0. The SMILES string of the molecule is Clc1ccc(-c2c3nc(c(-c4ccc(Cl)cc4)c4ccc([n-]4)c(-c4ccc(Cl)cc4)c4ccc([n-]4)c(-c4ccc(Cl)cc4)c4nc2C=C4Br)C=C3)cc1.[Zn+2]. The third-order valence-electron chi connectivity index (χ3n) is 9.20. The number of halogens is 5. The second-order valence-corrected chi connectivity index (χ2v) is 15.1. The average Bonchev–Trinajstić information content (AvgIpc) is 3.99. The monoisotopic (exact) mass is 890 g/mol. The van der Waals surface area contributed by atoms with E-state index in [1.807, 2.05) is 140 Å². The van der Waals surface area contributed by atoms with Crippen molar-refractivity contribution in [2.75, 3.05) is 0 Å². The summed E-state index contributed by atoms with van der Waals surface area (Å²) in [6, 6.07) is 39.1. The van der Waals surface area contributed by atoms with Crippen LogP contribution in [0.2, 0.25) is 20.1 Å². The first-order valence-electron chi connectivity index (χ1n) is 16.6. The van der Waals surface area contributed by atoms with Crippen molar-refractivity contribution < 1.29 is 19.5 Å². The van der Waals surface area contributed by atoms with E-state index in [4.69, 9.17) is 66.3 Å². The molecule has 0 spiro atoms. The molecule has 0 radical (unpaired) electrons. The Hall–Kier alpha value is -4.26. The van der Waals surface area contributed by atoms with Gasteiger partial charge < -0.3 is 9.97 Å². The fraction of sp³-hybridized carbons (Fsp3) is 0. The van der Waals surface area contributed by atoms with Crippen molar-refractivity contribution in [3.05, 3.63) is 164 Å². The smallest absolute Gasteiger partial charge is 0.657 e. The molecular formula is C44H23BrCl4N4Zn. The van der Waals surface area contributed by atoms with E-state index < -0.39 is 0 Å². The molecule has 2 aliphatic heterocycles. The summed E-state index contributed by atoms with van der Waals surface area (Å²) in [5.74, 6) is 0. The normalized spacial score (nSPS) is 12.1. The molecule has 54 heavy (non-hydrogen) atoms. The molecular weight excluding hydrogens is 872 g/mol. The number of rotatable bonds is 4. The third-order valence-corrected chi connectivity index (χ3v) is 10.8. The zero-order chi connectivity index (χ0) is 36.2. The maximum absolute atomic E-state index is 6.38. The van der Waals surface area contributed by atoms with Gasteiger partial charge >= 0.3 is 19.5 Å². The zero-order valence-electron chi connectivity index (χ0n) is 28.2. The standard InChI is InChI=1S/C44H23BrCl4N4.Zn/c45-32-23-39-42(26-5-13-30(48)14-6-26)37-20-19-35(51-37)40(24-1-9-28(46)10-2-24)33-17-18-34(50-33)41(25-3-11-29(47)12-4-25)36-21-22-38(52-36)43(44(32)53-39)27-7-15-31(49)16-8-27;/h1-23H;/q-2;+2. The summed E-state index contributed by atoms with van der Waals surface area (Å²) < 4.78 is 0.807. The fourth-order valence-electron chi connectivity index (χ4n) is 6.77. The number of aromatic nitrogens is 4. The van der Waals surface area contributed by atoms with Crippen LogP contribution in [-0.4, -0.2) is 9.97 Å². The van der Waals surface area contributed by atoms with Crippen molar-refractivity contribution in [2.24, 2.45) is 0 Å². The molecule has 9 rings (SSSR count). The van der Waals surface area contributed by atoms with Gasteiger partial charge in [0.1, 0.15) is 0 Å². The Morgan fingerprint density at radius 2 is 0.741 bits per heavy atom. The van der Waals surface area contributed by atoms with Gasteiger partial charge in [0.25, 0.3) is 0 Å². The molecule has 0 N–H and O–H groups in total. The van der Waals surface area contributed by atoms with Gasteiger partial charge in [0.05, 0.1) is 22.8 Å². The first kappa shape index (κ1) is 36.7. The molecule has 2 aliphatic rings. The second kappa shape index (κ2) is 15.1. The predicted octanol–water partition coefficient (Wildman–Crippen LogP) is 13.9. The molecule has 7 aromatic rings. The van der Waals surface area contributed by atoms with Gasteiger partial charge in [-0.25, -0.2) is 9.97 Å². The van der Waals surface area contributed by atoms with Crippen molar-refractivity contribution in [1.29, 1.82) is 0 Å². The summed E-state index contributed by atoms with van der Waals surface area (Å²) >= 11 is 29.4. The van der Waals surface area contributed by atoms with Crippen LogP contribution in [0.4, 0.5) is 0 Å². The van der Waals surface area contributed by atoms with Crippen molar-refractivity contribution in [3.8, 4) is 44.5 Å². The third kappa shape index (κ3) is 6.92. The Labute approximate surface area is 352 Å². The Balaban J connectivity index is 0.00000413. The molecule has 8 bridgehead atoms. The van der Waals surface area contributed by atoms with Crippen molar-refractivity contribution in [1.82, 2.24) is 19.9 Å². The van der Waals surface area contributed by atoms with Crippen LogP contribution in [-0.2, 0) is 19.5 Å². The zero-order valence-corrected chi connectivity index (χ0v) is 35.7. The van der Waals surface area contributed by atoms with Crippen LogP contribution in [0, 0.1) is 0 Å². The van der Waals surface area contributed by atoms with Gasteiger partial charge in [-0.1, -0.05) is 119 Å². The molecule has 4 aromatic carbocycles. The first-order valence-corrected chi connectivity index (χ1v) is 18.9. The molecule has 0 unspecified atom stereocenters. The maximum atomic E-state index is 6.38. The number of nitrogens with zero attached hydrogens (tertiary/aromatic N) is 4. The van der Waals surface area contributed by atoms with Crippen LogP contribution in [0.15, 0.2) is 121 Å². The topological polar surface area (TPSA) is 54.0 Å². The number of hydrogen-bond acceptors (Lipinski definition) is 2. The van der Waals surface area contributed by atoms with E-state index in [1.165, 1.54) is 0 Å². The quantitative estimate of drug-likeness (QED) is 0.165. The molecule has 0 amide bonds. The molecule has 5 heterocycles. The van der Waals surface area contributed by atoms with Gasteiger partial charge in [-0.15, -0.1) is 22.1 Å². The minimum atomic E-state index is 0. The van der Waals surface area contributed by atoms with Gasteiger partial charge in [0.15, 0.2) is 0 Å². The van der Waals surface area contributed by atoms with Gasteiger partial charge in [0, 0.05) is 30.1 Å². The Morgan fingerprint density at radius 1 is 0.389 bits per heavy atom. The van der Waals surface area contributed by atoms with Crippen LogP contribution in [0.1, 0.15) is 22.8 Å². The van der Waals surface area contributed by atoms with E-state index in [2.05, 4.69) is 15.9 Å². The molecule has 0 fully saturated rings. The number of fused-ring (bicyclic) bond motifs is 8. The largest absolute Gasteiger partial charge is 2.00 e. The summed E-state index contributed by atoms with van der Waals surface area (Å²) in [4.78, 5) is 21.2. The van der Waals surface area contributed by atoms with Crippen molar-refractivity contribution in [3.63, 3.8) is 0 Å². The van der Waals surface area contributed by atoms with E-state index in [-0.39, 0.29) is 19.5 Å². The molecule has 0 saturated heterocycles. The van der Waals surface area contributed by atoms with Crippen LogP contribution in [0.3, 0.4) is 0 Å². The van der Waals surface area contributed by atoms with Gasteiger partial charge in [-0.05, 0) is 122 Å². The van der Waals surface area contributed by atoms with Crippen molar-refractivity contribution in [2.45, 2.75) is 0 Å². The fourth-order valence-corrected chi connectivity index (χ4v) is 7.78. The molecule has 10 heteroatoms. The molecule has 256 valence electrons. The van der Waals surface area contributed by atoms with Crippen molar-refractivity contribution >= 4 is 107 Å². The molecule has 4 nitrogen and oxygen atoms in total. The van der Waals surface area contributed by atoms with E-state index in [1.54, 1.807) is 0 Å². The van der Waals surface area contributed by atoms with E-state index in [9.17, 15) is 0 Å². The second-order valence-electron chi connectivity index (χ2n) is 12.5. The molecule has 3 aromatic heterocycles. The van der Waals surface area contributed by atoms with Crippen LogP contribution >= 0.6 is 62.3 Å². The Bertz CT molecular complexity index is 2810. The summed E-state index contributed by atoms with van der Waals surface area (Å²) in [7, 11) is 0. The molecule has 0 aliphatic carbocycles. The predicted molar refractivity (Wildman–Crippen MR) is 226 cm³/mol. The molecule has 0 atom stereocenters. The van der Waals surface area contributed by atoms with Gasteiger partial charge in [0.2, 0.25) is 0 Å². The van der Waals surface area contributed by atoms with Crippen LogP contribution in [0.5, 0.6) is 0 Å². The van der Waals surface area contributed by atoms with E-state index in [0.29, 0.717) is 20.1 Å². The van der Waals surface area contributed by atoms with Gasteiger partial charge in [-0.3, -0.25) is 0 Å². The van der Waals surface area contributed by atoms with Crippen LogP contribution < -0.4 is 9.97 Å². The van der Waals surface area contributed by atoms with Crippen LogP contribution in [0.25, 0.3) is 89.3 Å². The average molecular weight is 895 g/mol. The van der Waals surface area contributed by atoms with Gasteiger partial charge in [-0.2, -0.15) is 0 Å². The molecule has 0 saturated carbocycles. The summed E-state index contributed by atoms with van der Waals surface area (Å²) in [5.41, 5.74) is 13.1. The number of benzene rings is 4. The Morgan fingerprint density at radius 3 is 1.20 bits per heavy atom. The minimum absolute atomic E-state index is 0. The Kier molecular flexibility index (Phi) is 10.3. The first-order chi connectivity index (χ1) is 25.8. The minimum Gasteiger partial charge on any atom is -0.657 e. The summed E-state index contributed by atoms with van der Waals surface area (Å²) in [6.07, 6.45) is 6.09. The summed E-state index contributed by atoms with van der Waals surface area (Å²) in [5, 5.41) is 2.56.